The van der Waals surface area contributed by atoms with Gasteiger partial charge in [-0.3, -0.25) is 14.6 Å². The molecule has 0 bridgehead atoms. The van der Waals surface area contributed by atoms with Gasteiger partial charge in [-0.15, -0.1) is 0 Å². The molecule has 1 aromatic carbocycles. The number of aromatic nitrogens is 2. The Hall–Kier alpha value is -3.35. The van der Waals surface area contributed by atoms with Gasteiger partial charge in [-0.2, -0.15) is 0 Å². The monoisotopic (exact) mass is 368 g/mol. The second kappa shape index (κ2) is 7.90. The molecule has 0 saturated carbocycles. The van der Waals surface area contributed by atoms with Gasteiger partial charge in [0.05, 0.1) is 24.7 Å². The predicted octanol–water partition coefficient (Wildman–Crippen LogP) is 3.67. The van der Waals surface area contributed by atoms with Crippen molar-refractivity contribution in [2.75, 3.05) is 6.61 Å². The standard InChI is InChI=1S/C20H17FN2O4/c1-2-27-18(26)7-6-16(24)20-17(25)10-12-4-3-5-14(19(12)23-20)13-8-9-22-11-15(13)21/h3-5,8-11,25H,2,6-7H2,1H3. The lowest BCUT2D eigenvalue weighted by atomic mass is 10.0. The Labute approximate surface area is 154 Å². The predicted molar refractivity (Wildman–Crippen MR) is 96.8 cm³/mol. The molecule has 0 aliphatic rings. The van der Waals surface area contributed by atoms with Crippen molar-refractivity contribution in [2.24, 2.45) is 0 Å². The average molecular weight is 368 g/mol. The van der Waals surface area contributed by atoms with Crippen LogP contribution >= 0.6 is 0 Å². The van der Waals surface area contributed by atoms with E-state index in [0.29, 0.717) is 22.0 Å². The highest BCUT2D eigenvalue weighted by Gasteiger charge is 2.18. The van der Waals surface area contributed by atoms with Gasteiger partial charge >= 0.3 is 5.97 Å². The first-order valence-corrected chi connectivity index (χ1v) is 8.42. The van der Waals surface area contributed by atoms with Crippen molar-refractivity contribution in [1.29, 1.82) is 0 Å². The molecule has 0 unspecified atom stereocenters. The molecule has 7 heteroatoms. The van der Waals surface area contributed by atoms with Crippen molar-refractivity contribution < 1.29 is 23.8 Å². The van der Waals surface area contributed by atoms with Crippen molar-refractivity contribution in [3.63, 3.8) is 0 Å². The number of nitrogens with zero attached hydrogens (tertiary/aromatic N) is 2. The molecule has 27 heavy (non-hydrogen) atoms. The topological polar surface area (TPSA) is 89.4 Å². The summed E-state index contributed by atoms with van der Waals surface area (Å²) in [6, 6.07) is 8.01. The molecule has 0 saturated heterocycles. The van der Waals surface area contributed by atoms with Gasteiger partial charge in [-0.05, 0) is 19.1 Å². The van der Waals surface area contributed by atoms with E-state index in [1.54, 1.807) is 25.1 Å². The minimum atomic E-state index is -0.518. The van der Waals surface area contributed by atoms with E-state index in [1.165, 1.54) is 18.3 Å². The maximum atomic E-state index is 14.2. The number of fused-ring (bicyclic) bond motifs is 1. The number of hydrogen-bond acceptors (Lipinski definition) is 6. The number of aromatic hydroxyl groups is 1. The lowest BCUT2D eigenvalue weighted by Crippen LogP contribution is -2.09. The van der Waals surface area contributed by atoms with Gasteiger partial charge in [-0.25, -0.2) is 9.37 Å². The molecule has 2 heterocycles. The minimum absolute atomic E-state index is 0.105. The molecule has 138 valence electrons. The van der Waals surface area contributed by atoms with Gasteiger partial charge in [0.1, 0.15) is 17.3 Å². The number of hydrogen-bond donors (Lipinski definition) is 1. The van der Waals surface area contributed by atoms with Crippen LogP contribution < -0.4 is 0 Å². The Bertz CT molecular complexity index is 1020. The van der Waals surface area contributed by atoms with Gasteiger partial charge in [0.25, 0.3) is 0 Å². The fourth-order valence-corrected chi connectivity index (χ4v) is 2.77. The molecule has 0 spiro atoms. The van der Waals surface area contributed by atoms with Crippen LogP contribution in [0.1, 0.15) is 30.3 Å². The summed E-state index contributed by atoms with van der Waals surface area (Å²) >= 11 is 0. The van der Waals surface area contributed by atoms with Gasteiger partial charge in [-0.1, -0.05) is 18.2 Å². The van der Waals surface area contributed by atoms with Gasteiger partial charge < -0.3 is 9.84 Å². The summed E-state index contributed by atoms with van der Waals surface area (Å²) in [5, 5.41) is 10.7. The average Bonchev–Trinajstić information content (AvgIpc) is 2.66. The maximum Gasteiger partial charge on any atom is 0.306 e. The number of para-hydroxylation sites is 1. The first-order valence-electron chi connectivity index (χ1n) is 8.42. The van der Waals surface area contributed by atoms with Crippen molar-refractivity contribution in [2.45, 2.75) is 19.8 Å². The van der Waals surface area contributed by atoms with Crippen molar-refractivity contribution >= 4 is 22.7 Å². The normalized spacial score (nSPS) is 10.7. The minimum Gasteiger partial charge on any atom is -0.506 e. The summed E-state index contributed by atoms with van der Waals surface area (Å²) in [4.78, 5) is 31.9. The Morgan fingerprint density at radius 1 is 1.19 bits per heavy atom. The summed E-state index contributed by atoms with van der Waals surface area (Å²) in [6.07, 6.45) is 2.31. The molecular weight excluding hydrogens is 351 g/mol. The zero-order chi connectivity index (χ0) is 19.4. The SMILES string of the molecule is CCOC(=O)CCC(=O)c1nc2c(-c3ccncc3F)cccc2cc1O. The van der Waals surface area contributed by atoms with E-state index in [2.05, 4.69) is 9.97 Å². The number of ketones is 1. The first-order chi connectivity index (χ1) is 13.0. The number of benzene rings is 1. The summed E-state index contributed by atoms with van der Waals surface area (Å²) in [6.45, 7) is 1.91. The third-order valence-electron chi connectivity index (χ3n) is 4.01. The molecule has 2 aromatic heterocycles. The molecule has 0 fully saturated rings. The molecule has 3 aromatic rings. The molecule has 0 aliphatic heterocycles. The van der Waals surface area contributed by atoms with Crippen molar-refractivity contribution in [3.05, 3.63) is 54.2 Å². The van der Waals surface area contributed by atoms with E-state index < -0.39 is 17.6 Å². The molecular formula is C20H17FN2O4. The summed E-state index contributed by atoms with van der Waals surface area (Å²) in [5.74, 6) is -1.79. The largest absolute Gasteiger partial charge is 0.506 e. The second-order valence-electron chi connectivity index (χ2n) is 5.82. The lowest BCUT2D eigenvalue weighted by Gasteiger charge is -2.10. The van der Waals surface area contributed by atoms with Crippen LogP contribution in [0.4, 0.5) is 4.39 Å². The zero-order valence-corrected chi connectivity index (χ0v) is 14.6. The number of Topliss-reactive ketones (excluding diaryl/α,β-unsaturated/α-hetero) is 1. The van der Waals surface area contributed by atoms with Crippen LogP contribution in [-0.2, 0) is 9.53 Å². The number of pyridine rings is 2. The number of halogens is 1. The van der Waals surface area contributed by atoms with E-state index in [4.69, 9.17) is 4.74 Å². The van der Waals surface area contributed by atoms with E-state index in [-0.39, 0.29) is 30.9 Å². The molecule has 0 amide bonds. The van der Waals surface area contributed by atoms with Crippen LogP contribution in [0.25, 0.3) is 22.0 Å². The number of rotatable bonds is 6. The van der Waals surface area contributed by atoms with Crippen molar-refractivity contribution in [3.8, 4) is 16.9 Å². The number of carbonyl (C=O) groups is 2. The highest BCUT2D eigenvalue weighted by atomic mass is 19.1. The molecule has 0 radical (unpaired) electrons. The van der Waals surface area contributed by atoms with Gasteiger partial charge in [0.15, 0.2) is 5.78 Å². The van der Waals surface area contributed by atoms with E-state index in [9.17, 15) is 19.1 Å². The third-order valence-corrected chi connectivity index (χ3v) is 4.01. The van der Waals surface area contributed by atoms with E-state index >= 15 is 0 Å². The van der Waals surface area contributed by atoms with Gasteiger partial charge in [0, 0.05) is 29.1 Å². The third kappa shape index (κ3) is 3.92. The van der Waals surface area contributed by atoms with E-state index in [1.807, 2.05) is 0 Å². The molecule has 6 nitrogen and oxygen atoms in total. The summed E-state index contributed by atoms with van der Waals surface area (Å²) in [5.41, 5.74) is 0.985. The highest BCUT2D eigenvalue weighted by molar-refractivity contribution is 6.02. The van der Waals surface area contributed by atoms with E-state index in [0.717, 1.165) is 6.20 Å². The first kappa shape index (κ1) is 18.4. The Morgan fingerprint density at radius 2 is 2.00 bits per heavy atom. The zero-order valence-electron chi connectivity index (χ0n) is 14.6. The smallest absolute Gasteiger partial charge is 0.306 e. The molecule has 1 N–H and O–H groups in total. The number of esters is 1. The Balaban J connectivity index is 2.02. The maximum absolute atomic E-state index is 14.2. The van der Waals surface area contributed by atoms with Crippen LogP contribution in [-0.4, -0.2) is 33.4 Å². The number of carbonyl (C=O) groups excluding carboxylic acids is 2. The van der Waals surface area contributed by atoms with Crippen LogP contribution in [0.5, 0.6) is 5.75 Å². The van der Waals surface area contributed by atoms with Crippen LogP contribution in [0, 0.1) is 5.82 Å². The quantitative estimate of drug-likeness (QED) is 0.527. The Kier molecular flexibility index (Phi) is 5.40. The summed E-state index contributed by atoms with van der Waals surface area (Å²) < 4.78 is 19.0. The van der Waals surface area contributed by atoms with Crippen molar-refractivity contribution in [1.82, 2.24) is 9.97 Å². The second-order valence-corrected chi connectivity index (χ2v) is 5.82. The fraction of sp³-hybridized carbons (Fsp3) is 0.200. The number of ether oxygens (including phenoxy) is 1. The fourth-order valence-electron chi connectivity index (χ4n) is 2.77. The molecule has 0 aliphatic carbocycles. The van der Waals surface area contributed by atoms with Crippen LogP contribution in [0.15, 0.2) is 42.7 Å². The Morgan fingerprint density at radius 3 is 2.74 bits per heavy atom. The summed E-state index contributed by atoms with van der Waals surface area (Å²) in [7, 11) is 0. The molecule has 3 rings (SSSR count). The van der Waals surface area contributed by atoms with Crippen LogP contribution in [0.3, 0.4) is 0 Å². The van der Waals surface area contributed by atoms with Gasteiger partial charge in [0.2, 0.25) is 0 Å². The lowest BCUT2D eigenvalue weighted by molar-refractivity contribution is -0.143. The van der Waals surface area contributed by atoms with Crippen LogP contribution in [0.2, 0.25) is 0 Å². The highest BCUT2D eigenvalue weighted by Crippen LogP contribution is 2.32. The molecule has 0 atom stereocenters.